The molecule has 0 aliphatic carbocycles. The monoisotopic (exact) mass is 326 g/mol. The van der Waals surface area contributed by atoms with Crippen LogP contribution in [0.1, 0.15) is 17.4 Å². The van der Waals surface area contributed by atoms with Crippen molar-refractivity contribution in [3.63, 3.8) is 0 Å². The zero-order valence-electron chi connectivity index (χ0n) is 12.2. The summed E-state index contributed by atoms with van der Waals surface area (Å²) in [4.78, 5) is 0. The fraction of sp³-hybridized carbons (Fsp3) is 0.0556. The molecule has 0 spiro atoms. The van der Waals surface area contributed by atoms with E-state index in [0.29, 0.717) is 5.11 Å². The van der Waals surface area contributed by atoms with Crippen molar-refractivity contribution in [1.29, 1.82) is 0 Å². The maximum atomic E-state index is 13.0. The third-order valence-electron chi connectivity index (χ3n) is 3.34. The van der Waals surface area contributed by atoms with Gasteiger partial charge in [0, 0.05) is 5.69 Å². The summed E-state index contributed by atoms with van der Waals surface area (Å²) >= 11 is 5.36. The van der Waals surface area contributed by atoms with Crippen LogP contribution in [0.5, 0.6) is 0 Å². The Bertz CT molecular complexity index is 757. The van der Waals surface area contributed by atoms with Crippen LogP contribution >= 0.6 is 12.2 Å². The lowest BCUT2D eigenvalue weighted by Gasteiger charge is -2.19. The number of hydrogen-bond donors (Lipinski definition) is 2. The van der Waals surface area contributed by atoms with Crippen molar-refractivity contribution in [2.45, 2.75) is 6.04 Å². The number of nitrogens with one attached hydrogen (secondary N) is 2. The van der Waals surface area contributed by atoms with Gasteiger partial charge in [0.2, 0.25) is 0 Å². The molecule has 1 heterocycles. The number of halogens is 1. The van der Waals surface area contributed by atoms with Gasteiger partial charge in [-0.05, 0) is 54.2 Å². The van der Waals surface area contributed by atoms with Crippen LogP contribution < -0.4 is 10.6 Å². The van der Waals surface area contributed by atoms with Gasteiger partial charge in [0.1, 0.15) is 17.6 Å². The molecule has 0 fully saturated rings. The van der Waals surface area contributed by atoms with Crippen molar-refractivity contribution in [3.8, 4) is 0 Å². The molecular weight excluding hydrogens is 311 g/mol. The first-order valence-electron chi connectivity index (χ1n) is 7.14. The fourth-order valence-electron chi connectivity index (χ4n) is 2.25. The van der Waals surface area contributed by atoms with Gasteiger partial charge in [-0.15, -0.1) is 0 Å². The predicted octanol–water partition coefficient (Wildman–Crippen LogP) is 4.49. The molecule has 23 heavy (non-hydrogen) atoms. The summed E-state index contributed by atoms with van der Waals surface area (Å²) in [5.74, 6) is 0.478. The molecule has 0 bridgehead atoms. The fourth-order valence-corrected chi connectivity index (χ4v) is 2.49. The largest absolute Gasteiger partial charge is 0.467 e. The van der Waals surface area contributed by atoms with E-state index in [1.165, 1.54) is 12.1 Å². The van der Waals surface area contributed by atoms with E-state index in [1.807, 2.05) is 42.5 Å². The molecule has 3 aromatic rings. The lowest BCUT2D eigenvalue weighted by Crippen LogP contribution is -2.32. The Kier molecular flexibility index (Phi) is 4.68. The standard InChI is InChI=1S/C18H15FN2OS/c19-14-8-10-15(11-9-14)20-18(23)21-17(16-7-4-12-22-16)13-5-2-1-3-6-13/h1-12,17H,(H2,20,21,23)/t17-/m0/s1. The van der Waals surface area contributed by atoms with E-state index in [9.17, 15) is 4.39 Å². The highest BCUT2D eigenvalue weighted by atomic mass is 32.1. The van der Waals surface area contributed by atoms with Gasteiger partial charge >= 0.3 is 0 Å². The average molecular weight is 326 g/mol. The molecule has 116 valence electrons. The van der Waals surface area contributed by atoms with Crippen LogP contribution in [0.2, 0.25) is 0 Å². The van der Waals surface area contributed by atoms with Crippen molar-refractivity contribution < 1.29 is 8.81 Å². The summed E-state index contributed by atoms with van der Waals surface area (Å²) in [6.07, 6.45) is 1.63. The van der Waals surface area contributed by atoms with E-state index in [0.717, 1.165) is 17.0 Å². The van der Waals surface area contributed by atoms with Crippen LogP contribution in [-0.2, 0) is 0 Å². The Hall–Kier alpha value is -2.66. The number of thiocarbonyl (C=S) groups is 1. The smallest absolute Gasteiger partial charge is 0.171 e. The zero-order chi connectivity index (χ0) is 16.1. The molecule has 2 aromatic carbocycles. The lowest BCUT2D eigenvalue weighted by molar-refractivity contribution is 0.476. The van der Waals surface area contributed by atoms with Crippen molar-refractivity contribution in [1.82, 2.24) is 5.32 Å². The molecule has 3 nitrogen and oxygen atoms in total. The van der Waals surface area contributed by atoms with Crippen LogP contribution in [0.3, 0.4) is 0 Å². The summed E-state index contributed by atoms with van der Waals surface area (Å²) in [5.41, 5.74) is 1.75. The minimum Gasteiger partial charge on any atom is -0.467 e. The van der Waals surface area contributed by atoms with Crippen LogP contribution in [0.25, 0.3) is 0 Å². The van der Waals surface area contributed by atoms with E-state index >= 15 is 0 Å². The van der Waals surface area contributed by atoms with Gasteiger partial charge in [-0.1, -0.05) is 30.3 Å². The SMILES string of the molecule is Fc1ccc(NC(=S)N[C@@H](c2ccccc2)c2ccco2)cc1. The van der Waals surface area contributed by atoms with Gasteiger partial charge in [0.25, 0.3) is 0 Å². The molecule has 0 aliphatic heterocycles. The van der Waals surface area contributed by atoms with Crippen molar-refractivity contribution >= 4 is 23.0 Å². The topological polar surface area (TPSA) is 37.2 Å². The lowest BCUT2D eigenvalue weighted by atomic mass is 10.1. The number of rotatable bonds is 4. The van der Waals surface area contributed by atoms with E-state index in [-0.39, 0.29) is 11.9 Å². The number of anilines is 1. The average Bonchev–Trinajstić information content (AvgIpc) is 3.10. The molecule has 0 aliphatic rings. The maximum absolute atomic E-state index is 13.0. The minimum absolute atomic E-state index is 0.202. The predicted molar refractivity (Wildman–Crippen MR) is 92.7 cm³/mol. The first kappa shape index (κ1) is 15.2. The second kappa shape index (κ2) is 7.07. The Morgan fingerprint density at radius 1 is 0.957 bits per heavy atom. The maximum Gasteiger partial charge on any atom is 0.171 e. The van der Waals surface area contributed by atoms with Crippen molar-refractivity contribution in [2.75, 3.05) is 5.32 Å². The molecular formula is C18H15FN2OS. The molecule has 1 aromatic heterocycles. The molecule has 0 saturated heterocycles. The van der Waals surface area contributed by atoms with Crippen LogP contribution in [0, 0.1) is 5.82 Å². The van der Waals surface area contributed by atoms with E-state index in [4.69, 9.17) is 16.6 Å². The van der Waals surface area contributed by atoms with Gasteiger partial charge in [0.05, 0.1) is 6.26 Å². The number of furan rings is 1. The minimum atomic E-state index is -0.285. The highest BCUT2D eigenvalue weighted by molar-refractivity contribution is 7.80. The molecule has 3 rings (SSSR count). The van der Waals surface area contributed by atoms with E-state index in [1.54, 1.807) is 18.4 Å². The van der Waals surface area contributed by atoms with Crippen molar-refractivity contribution in [3.05, 3.63) is 90.1 Å². The highest BCUT2D eigenvalue weighted by Gasteiger charge is 2.17. The molecule has 0 radical (unpaired) electrons. The molecule has 1 atom stereocenters. The molecule has 5 heteroatoms. The van der Waals surface area contributed by atoms with Gasteiger partial charge < -0.3 is 15.1 Å². The van der Waals surface area contributed by atoms with Gasteiger partial charge in [-0.3, -0.25) is 0 Å². The number of benzene rings is 2. The first-order chi connectivity index (χ1) is 11.2. The molecule has 0 amide bonds. The van der Waals surface area contributed by atoms with Gasteiger partial charge in [-0.25, -0.2) is 4.39 Å². The normalized spacial score (nSPS) is 11.7. The highest BCUT2D eigenvalue weighted by Crippen LogP contribution is 2.22. The van der Waals surface area contributed by atoms with Gasteiger partial charge in [-0.2, -0.15) is 0 Å². The Morgan fingerprint density at radius 2 is 1.70 bits per heavy atom. The first-order valence-corrected chi connectivity index (χ1v) is 7.54. The second-order valence-electron chi connectivity index (χ2n) is 4.96. The molecule has 0 unspecified atom stereocenters. The van der Waals surface area contributed by atoms with Crippen LogP contribution in [0.15, 0.2) is 77.4 Å². The second-order valence-corrected chi connectivity index (χ2v) is 5.37. The third kappa shape index (κ3) is 3.96. The number of hydrogen-bond acceptors (Lipinski definition) is 2. The molecule has 0 saturated carbocycles. The van der Waals surface area contributed by atoms with E-state index < -0.39 is 0 Å². The summed E-state index contributed by atoms with van der Waals surface area (Å²) in [6, 6.07) is 19.4. The summed E-state index contributed by atoms with van der Waals surface area (Å²) in [7, 11) is 0. The van der Waals surface area contributed by atoms with Gasteiger partial charge in [0.15, 0.2) is 5.11 Å². The van der Waals surface area contributed by atoms with Crippen LogP contribution in [-0.4, -0.2) is 5.11 Å². The zero-order valence-corrected chi connectivity index (χ0v) is 13.0. The third-order valence-corrected chi connectivity index (χ3v) is 3.56. The summed E-state index contributed by atoms with van der Waals surface area (Å²) < 4.78 is 18.5. The Labute approximate surface area is 139 Å². The quantitative estimate of drug-likeness (QED) is 0.693. The van der Waals surface area contributed by atoms with E-state index in [2.05, 4.69) is 10.6 Å². The van der Waals surface area contributed by atoms with Crippen molar-refractivity contribution in [2.24, 2.45) is 0 Å². The summed E-state index contributed by atoms with van der Waals surface area (Å²) in [6.45, 7) is 0. The molecule has 2 N–H and O–H groups in total. The van der Waals surface area contributed by atoms with Crippen LogP contribution in [0.4, 0.5) is 10.1 Å². The Balaban J connectivity index is 1.76. The summed E-state index contributed by atoms with van der Waals surface area (Å²) in [5, 5.41) is 6.71. The Morgan fingerprint density at radius 3 is 2.35 bits per heavy atom.